The molecule has 0 radical (unpaired) electrons. The van der Waals surface area contributed by atoms with Gasteiger partial charge in [-0.2, -0.15) is 0 Å². The van der Waals surface area contributed by atoms with E-state index in [2.05, 4.69) is 20.0 Å². The van der Waals surface area contributed by atoms with Gasteiger partial charge in [0.25, 0.3) is 5.69 Å². The Kier molecular flexibility index (Phi) is 3.70. The lowest BCUT2D eigenvalue weighted by molar-refractivity contribution is -0.384. The van der Waals surface area contributed by atoms with E-state index in [0.29, 0.717) is 6.04 Å². The third-order valence-corrected chi connectivity index (χ3v) is 5.65. The van der Waals surface area contributed by atoms with Crippen molar-refractivity contribution < 1.29 is 4.92 Å². The number of rotatable bonds is 3. The summed E-state index contributed by atoms with van der Waals surface area (Å²) < 4.78 is 0. The summed E-state index contributed by atoms with van der Waals surface area (Å²) in [5, 5.41) is 21.2. The Balaban J connectivity index is 1.57. The average Bonchev–Trinajstić information content (AvgIpc) is 2.87. The second-order valence-electron chi connectivity index (χ2n) is 5.96. The Bertz CT molecular complexity index is 709. The van der Waals surface area contributed by atoms with Crippen molar-refractivity contribution in [1.29, 1.82) is 0 Å². The van der Waals surface area contributed by atoms with Crippen LogP contribution in [0.1, 0.15) is 12.8 Å². The number of nitrogens with zero attached hydrogens (tertiary/aromatic N) is 5. The summed E-state index contributed by atoms with van der Waals surface area (Å²) in [6, 6.07) is 7.06. The van der Waals surface area contributed by atoms with E-state index in [4.69, 9.17) is 0 Å². The molecule has 8 heteroatoms. The molecule has 7 nitrogen and oxygen atoms in total. The lowest BCUT2D eigenvalue weighted by Gasteiger charge is -2.30. The van der Waals surface area contributed by atoms with Gasteiger partial charge in [0.15, 0.2) is 0 Å². The van der Waals surface area contributed by atoms with Gasteiger partial charge in [0.2, 0.25) is 5.13 Å². The minimum absolute atomic E-state index is 0.0945. The molecule has 0 spiro atoms. The van der Waals surface area contributed by atoms with Crippen molar-refractivity contribution in [3.8, 4) is 10.6 Å². The summed E-state index contributed by atoms with van der Waals surface area (Å²) in [6.45, 7) is 4.44. The van der Waals surface area contributed by atoms with Crippen LogP contribution in [0, 0.1) is 10.1 Å². The number of piperidine rings is 1. The smallest absolute Gasteiger partial charge is 0.269 e. The number of nitro benzene ring substituents is 1. The summed E-state index contributed by atoms with van der Waals surface area (Å²) in [5.74, 6) is 0. The van der Waals surface area contributed by atoms with Gasteiger partial charge in [0, 0.05) is 49.9 Å². The first-order chi connectivity index (χ1) is 11.2. The van der Waals surface area contributed by atoms with Gasteiger partial charge in [-0.15, -0.1) is 10.2 Å². The first kappa shape index (κ1) is 14.5. The number of anilines is 1. The maximum Gasteiger partial charge on any atom is 0.269 e. The fourth-order valence-electron chi connectivity index (χ4n) is 3.31. The van der Waals surface area contributed by atoms with E-state index in [1.54, 1.807) is 23.5 Å². The zero-order valence-corrected chi connectivity index (χ0v) is 13.4. The van der Waals surface area contributed by atoms with Crippen LogP contribution in [0.3, 0.4) is 0 Å². The Morgan fingerprint density at radius 1 is 1.09 bits per heavy atom. The highest BCUT2D eigenvalue weighted by atomic mass is 32.1. The number of fused-ring (bicyclic) bond motifs is 4. The highest BCUT2D eigenvalue weighted by Gasteiger charge is 2.30. The van der Waals surface area contributed by atoms with Crippen LogP contribution >= 0.6 is 11.3 Å². The summed E-state index contributed by atoms with van der Waals surface area (Å²) >= 11 is 1.57. The standard InChI is InChI=1S/C15H17N5O2S/c21-20(22)13-3-1-11(2-4-13)14-16-17-15(23-14)19-10-9-18-7-5-12(19)6-8-18/h1-4,12H,5-10H2. The molecule has 0 N–H and O–H groups in total. The van der Waals surface area contributed by atoms with Gasteiger partial charge < -0.3 is 9.80 Å². The summed E-state index contributed by atoms with van der Waals surface area (Å²) in [5.41, 5.74) is 0.972. The highest BCUT2D eigenvalue weighted by Crippen LogP contribution is 2.33. The highest BCUT2D eigenvalue weighted by molar-refractivity contribution is 7.18. The van der Waals surface area contributed by atoms with Gasteiger partial charge in [-0.1, -0.05) is 11.3 Å². The van der Waals surface area contributed by atoms with Crippen LogP contribution in [-0.4, -0.2) is 52.2 Å². The van der Waals surface area contributed by atoms with Gasteiger partial charge in [0.1, 0.15) is 5.01 Å². The molecule has 0 unspecified atom stereocenters. The Hall–Kier alpha value is -2.06. The Morgan fingerprint density at radius 3 is 2.52 bits per heavy atom. The van der Waals surface area contributed by atoms with Gasteiger partial charge in [-0.05, 0) is 25.0 Å². The molecule has 3 aliphatic heterocycles. The van der Waals surface area contributed by atoms with Crippen molar-refractivity contribution in [3.05, 3.63) is 34.4 Å². The van der Waals surface area contributed by atoms with E-state index in [1.807, 2.05) is 0 Å². The summed E-state index contributed by atoms with van der Waals surface area (Å²) in [4.78, 5) is 15.2. The fraction of sp³-hybridized carbons (Fsp3) is 0.467. The zero-order valence-electron chi connectivity index (χ0n) is 12.6. The normalized spacial score (nSPS) is 23.7. The van der Waals surface area contributed by atoms with Crippen molar-refractivity contribution in [2.75, 3.05) is 31.1 Å². The van der Waals surface area contributed by atoms with Crippen LogP contribution < -0.4 is 4.90 Å². The number of nitro groups is 1. The largest absolute Gasteiger partial charge is 0.342 e. The minimum atomic E-state index is -0.390. The second-order valence-corrected chi connectivity index (χ2v) is 6.92. The van der Waals surface area contributed by atoms with Crippen LogP contribution in [0.15, 0.2) is 24.3 Å². The molecule has 3 saturated heterocycles. The van der Waals surface area contributed by atoms with Crippen molar-refractivity contribution in [2.45, 2.75) is 18.9 Å². The predicted molar refractivity (Wildman–Crippen MR) is 88.8 cm³/mol. The first-order valence-electron chi connectivity index (χ1n) is 7.78. The molecule has 2 bridgehead atoms. The molecule has 0 atom stereocenters. The molecule has 3 aliphatic rings. The Labute approximate surface area is 137 Å². The van der Waals surface area contributed by atoms with E-state index in [9.17, 15) is 10.1 Å². The van der Waals surface area contributed by atoms with Crippen molar-refractivity contribution in [1.82, 2.24) is 15.1 Å². The molecule has 23 heavy (non-hydrogen) atoms. The van der Waals surface area contributed by atoms with Crippen molar-refractivity contribution in [2.24, 2.45) is 0 Å². The molecule has 0 aliphatic carbocycles. The molecule has 3 fully saturated rings. The van der Waals surface area contributed by atoms with E-state index >= 15 is 0 Å². The SMILES string of the molecule is O=[N+]([O-])c1ccc(-c2nnc(N3CCN4CCC3CC4)s2)cc1. The van der Waals surface area contributed by atoms with Crippen molar-refractivity contribution >= 4 is 22.2 Å². The van der Waals surface area contributed by atoms with Crippen molar-refractivity contribution in [3.63, 3.8) is 0 Å². The first-order valence-corrected chi connectivity index (χ1v) is 8.60. The predicted octanol–water partition coefficient (Wildman–Crippen LogP) is 2.40. The van der Waals surface area contributed by atoms with E-state index in [-0.39, 0.29) is 5.69 Å². The van der Waals surface area contributed by atoms with Crippen LogP contribution in [0.2, 0.25) is 0 Å². The number of hydrogen-bond donors (Lipinski definition) is 0. The second kappa shape index (κ2) is 5.86. The molecule has 120 valence electrons. The van der Waals surface area contributed by atoms with E-state index < -0.39 is 4.92 Å². The molecule has 4 heterocycles. The van der Waals surface area contributed by atoms with Gasteiger partial charge in [-0.3, -0.25) is 10.1 Å². The third kappa shape index (κ3) is 2.79. The molecule has 1 aromatic heterocycles. The van der Waals surface area contributed by atoms with Gasteiger partial charge in [0.05, 0.1) is 4.92 Å². The lowest BCUT2D eigenvalue weighted by atomic mass is 10.1. The van der Waals surface area contributed by atoms with E-state index in [1.165, 1.54) is 38.1 Å². The quantitative estimate of drug-likeness (QED) is 0.635. The molecular weight excluding hydrogens is 314 g/mol. The fourth-order valence-corrected chi connectivity index (χ4v) is 4.26. The summed E-state index contributed by atoms with van der Waals surface area (Å²) in [6.07, 6.45) is 2.37. The van der Waals surface area contributed by atoms with Crippen LogP contribution in [0.25, 0.3) is 10.6 Å². The molecular formula is C15H17N5O2S. The average molecular weight is 331 g/mol. The number of benzene rings is 1. The van der Waals surface area contributed by atoms with Crippen LogP contribution in [-0.2, 0) is 0 Å². The van der Waals surface area contributed by atoms with Crippen LogP contribution in [0.5, 0.6) is 0 Å². The topological polar surface area (TPSA) is 75.4 Å². The third-order valence-electron chi connectivity index (χ3n) is 4.64. The van der Waals surface area contributed by atoms with Gasteiger partial charge in [-0.25, -0.2) is 0 Å². The van der Waals surface area contributed by atoms with Gasteiger partial charge >= 0.3 is 0 Å². The Morgan fingerprint density at radius 2 is 1.83 bits per heavy atom. The van der Waals surface area contributed by atoms with E-state index in [0.717, 1.165) is 28.8 Å². The lowest BCUT2D eigenvalue weighted by Crippen LogP contribution is -2.37. The molecule has 5 rings (SSSR count). The molecule has 2 aromatic rings. The number of aromatic nitrogens is 2. The number of hydrogen-bond acceptors (Lipinski definition) is 7. The maximum atomic E-state index is 10.7. The monoisotopic (exact) mass is 331 g/mol. The number of non-ortho nitro benzene ring substituents is 1. The molecule has 0 amide bonds. The molecule has 1 aromatic carbocycles. The zero-order chi connectivity index (χ0) is 15.8. The molecule has 0 saturated carbocycles. The maximum absolute atomic E-state index is 10.7. The summed E-state index contributed by atoms with van der Waals surface area (Å²) in [7, 11) is 0. The minimum Gasteiger partial charge on any atom is -0.342 e. The van der Waals surface area contributed by atoms with Crippen LogP contribution in [0.4, 0.5) is 10.8 Å².